The molecule has 3 heterocycles. The van der Waals surface area contributed by atoms with E-state index in [1.807, 2.05) is 4.90 Å². The molecule has 3 aliphatic rings. The van der Waals surface area contributed by atoms with Crippen LogP contribution in [0.3, 0.4) is 0 Å². The summed E-state index contributed by atoms with van der Waals surface area (Å²) in [5.74, 6) is 1.78. The number of aromatic nitrogens is 2. The monoisotopic (exact) mass is 536 g/mol. The maximum Gasteiger partial charge on any atom is 0.276 e. The van der Waals surface area contributed by atoms with Gasteiger partial charge in [-0.05, 0) is 62.3 Å². The first-order chi connectivity index (χ1) is 19.2. The molecule has 1 saturated carbocycles. The van der Waals surface area contributed by atoms with Crippen molar-refractivity contribution < 1.29 is 19.0 Å². The molecular weight excluding hydrogens is 492 g/mol. The number of likely N-dealkylation sites (tertiary alicyclic amines) is 1. The van der Waals surface area contributed by atoms with Crippen molar-refractivity contribution in [2.75, 3.05) is 40.5 Å². The summed E-state index contributed by atoms with van der Waals surface area (Å²) >= 11 is 0. The third kappa shape index (κ3) is 6.97. The predicted molar refractivity (Wildman–Crippen MR) is 150 cm³/mol. The molecule has 1 N–H and O–H groups in total. The number of amides is 1. The van der Waals surface area contributed by atoms with Gasteiger partial charge >= 0.3 is 0 Å². The molecule has 0 spiro atoms. The molecular formula is C31H44N4O4. The molecule has 212 valence electrons. The Morgan fingerprint density at radius 1 is 1.08 bits per heavy atom. The van der Waals surface area contributed by atoms with Gasteiger partial charge in [0, 0.05) is 38.9 Å². The fraction of sp³-hybridized carbons (Fsp3) is 0.645. The Bertz CT molecular complexity index is 1060. The minimum atomic E-state index is -0.0587. The maximum absolute atomic E-state index is 13.5. The lowest BCUT2D eigenvalue weighted by molar-refractivity contribution is -0.0533. The number of hydrogen-bond donors (Lipinski definition) is 1. The van der Waals surface area contributed by atoms with Crippen molar-refractivity contribution in [3.63, 3.8) is 0 Å². The molecule has 2 aliphatic heterocycles. The number of carbonyl (C=O) groups excluding carboxylic acids is 1. The molecule has 1 aromatic carbocycles. The molecule has 2 aromatic rings. The van der Waals surface area contributed by atoms with Gasteiger partial charge in [-0.3, -0.25) is 4.79 Å². The fourth-order valence-corrected chi connectivity index (χ4v) is 6.71. The van der Waals surface area contributed by atoms with Gasteiger partial charge in [-0.1, -0.05) is 43.2 Å². The van der Waals surface area contributed by atoms with E-state index in [1.165, 1.54) is 37.6 Å². The minimum absolute atomic E-state index is 0.0587. The summed E-state index contributed by atoms with van der Waals surface area (Å²) in [7, 11) is 3.37. The highest BCUT2D eigenvalue weighted by Crippen LogP contribution is 2.38. The van der Waals surface area contributed by atoms with Crippen molar-refractivity contribution in [2.45, 2.75) is 81.9 Å². The van der Waals surface area contributed by atoms with Crippen LogP contribution in [0.4, 0.5) is 0 Å². The summed E-state index contributed by atoms with van der Waals surface area (Å²) in [6.45, 7) is 2.79. The summed E-state index contributed by atoms with van der Waals surface area (Å²) in [5.41, 5.74) is 2.70. The van der Waals surface area contributed by atoms with E-state index in [9.17, 15) is 4.79 Å². The summed E-state index contributed by atoms with van der Waals surface area (Å²) in [6, 6.07) is 11.6. The molecule has 1 aliphatic carbocycles. The quantitative estimate of drug-likeness (QED) is 0.509. The Hall–Kier alpha value is -2.55. The van der Waals surface area contributed by atoms with Crippen LogP contribution in [-0.2, 0) is 15.9 Å². The van der Waals surface area contributed by atoms with Gasteiger partial charge in [-0.2, -0.15) is 0 Å². The van der Waals surface area contributed by atoms with Crippen LogP contribution < -0.4 is 10.1 Å². The molecule has 3 fully saturated rings. The first kappa shape index (κ1) is 28.0. The zero-order valence-corrected chi connectivity index (χ0v) is 23.5. The highest BCUT2D eigenvalue weighted by molar-refractivity contribution is 5.95. The zero-order chi connectivity index (χ0) is 27.0. The molecule has 0 unspecified atom stereocenters. The molecule has 8 heteroatoms. The van der Waals surface area contributed by atoms with Crippen LogP contribution in [0.15, 0.2) is 36.7 Å². The Kier molecular flexibility index (Phi) is 9.82. The Labute approximate surface area is 232 Å². The Morgan fingerprint density at radius 3 is 2.67 bits per heavy atom. The summed E-state index contributed by atoms with van der Waals surface area (Å²) in [4.78, 5) is 24.4. The second-order valence-corrected chi connectivity index (χ2v) is 11.4. The SMILES string of the molecule is COc1c(CC[C@H]2CCC[C@@H](c3ccccc3)C2)ncnc1C(=O)N1CCC(N[C@@H]2CCOC[C@@H]2OC)CC1. The number of piperidine rings is 1. The molecule has 0 radical (unpaired) electrons. The van der Waals surface area contributed by atoms with Crippen LogP contribution in [0.1, 0.15) is 79.0 Å². The molecule has 1 amide bonds. The molecule has 8 nitrogen and oxygen atoms in total. The van der Waals surface area contributed by atoms with E-state index >= 15 is 0 Å². The van der Waals surface area contributed by atoms with E-state index in [-0.39, 0.29) is 12.0 Å². The van der Waals surface area contributed by atoms with Gasteiger partial charge in [0.2, 0.25) is 0 Å². The number of methoxy groups -OCH3 is 2. The number of aryl methyl sites for hydroxylation is 1. The third-order valence-electron chi connectivity index (χ3n) is 8.97. The average Bonchev–Trinajstić information content (AvgIpc) is 3.00. The van der Waals surface area contributed by atoms with Crippen LogP contribution in [0.2, 0.25) is 0 Å². The maximum atomic E-state index is 13.5. The summed E-state index contributed by atoms with van der Waals surface area (Å²) < 4.78 is 16.9. The van der Waals surface area contributed by atoms with Crippen molar-refractivity contribution in [3.05, 3.63) is 53.6 Å². The van der Waals surface area contributed by atoms with Crippen molar-refractivity contribution >= 4 is 5.91 Å². The minimum Gasteiger partial charge on any atom is -0.492 e. The van der Waals surface area contributed by atoms with Crippen LogP contribution >= 0.6 is 0 Å². The lowest BCUT2D eigenvalue weighted by Gasteiger charge is -2.38. The molecule has 39 heavy (non-hydrogen) atoms. The van der Waals surface area contributed by atoms with Crippen LogP contribution in [0.25, 0.3) is 0 Å². The number of nitrogens with one attached hydrogen (secondary N) is 1. The predicted octanol–water partition coefficient (Wildman–Crippen LogP) is 4.39. The molecule has 1 aromatic heterocycles. The highest BCUT2D eigenvalue weighted by atomic mass is 16.5. The van der Waals surface area contributed by atoms with E-state index in [0.29, 0.717) is 55.1 Å². The number of carbonyl (C=O) groups is 1. The smallest absolute Gasteiger partial charge is 0.276 e. The van der Waals surface area contributed by atoms with Crippen LogP contribution in [0, 0.1) is 5.92 Å². The van der Waals surface area contributed by atoms with Crippen molar-refractivity contribution in [2.24, 2.45) is 5.92 Å². The van der Waals surface area contributed by atoms with E-state index in [0.717, 1.165) is 44.4 Å². The van der Waals surface area contributed by atoms with E-state index in [1.54, 1.807) is 14.2 Å². The van der Waals surface area contributed by atoms with Crippen molar-refractivity contribution in [1.82, 2.24) is 20.2 Å². The fourth-order valence-electron chi connectivity index (χ4n) is 6.71. The van der Waals surface area contributed by atoms with Gasteiger partial charge in [0.15, 0.2) is 11.4 Å². The zero-order valence-electron chi connectivity index (χ0n) is 23.5. The number of rotatable bonds is 9. The van der Waals surface area contributed by atoms with Gasteiger partial charge < -0.3 is 24.4 Å². The molecule has 4 atom stereocenters. The third-order valence-corrected chi connectivity index (χ3v) is 8.97. The Morgan fingerprint density at radius 2 is 1.90 bits per heavy atom. The first-order valence-electron chi connectivity index (χ1n) is 14.7. The van der Waals surface area contributed by atoms with E-state index in [2.05, 4.69) is 45.6 Å². The molecule has 2 saturated heterocycles. The van der Waals surface area contributed by atoms with Crippen molar-refractivity contribution in [3.8, 4) is 5.75 Å². The Balaban J connectivity index is 1.16. The first-order valence-corrected chi connectivity index (χ1v) is 14.7. The normalized spacial score (nSPS) is 26.4. The van der Waals surface area contributed by atoms with Gasteiger partial charge in [-0.25, -0.2) is 9.97 Å². The van der Waals surface area contributed by atoms with Gasteiger partial charge in [0.05, 0.1) is 25.5 Å². The standard InChI is InChI=1S/C31H44N4O4/c1-37-28-20-39-18-15-26(28)34-25-13-16-35(17-14-25)31(36)29-30(38-2)27(32-21-33-29)12-11-22-7-6-10-24(19-22)23-8-4-3-5-9-23/h3-5,8-9,21-22,24-26,28,34H,6-7,10-20H2,1-2H3/t22-,24-,26-,28+/m1/s1. The summed E-state index contributed by atoms with van der Waals surface area (Å²) in [6.07, 6.45) is 11.2. The van der Waals surface area contributed by atoms with Gasteiger partial charge in [0.1, 0.15) is 6.33 Å². The highest BCUT2D eigenvalue weighted by Gasteiger charge is 2.32. The number of nitrogens with zero attached hydrogens (tertiary/aromatic N) is 3. The lowest BCUT2D eigenvalue weighted by atomic mass is 9.76. The topological polar surface area (TPSA) is 85.8 Å². The van der Waals surface area contributed by atoms with Crippen LogP contribution in [-0.4, -0.2) is 79.5 Å². The van der Waals surface area contributed by atoms with E-state index < -0.39 is 0 Å². The second-order valence-electron chi connectivity index (χ2n) is 11.4. The second kappa shape index (κ2) is 13.7. The van der Waals surface area contributed by atoms with Crippen LogP contribution in [0.5, 0.6) is 5.75 Å². The van der Waals surface area contributed by atoms with Crippen molar-refractivity contribution in [1.29, 1.82) is 0 Å². The number of hydrogen-bond acceptors (Lipinski definition) is 7. The van der Waals surface area contributed by atoms with Gasteiger partial charge in [0.25, 0.3) is 5.91 Å². The van der Waals surface area contributed by atoms with Gasteiger partial charge in [-0.15, -0.1) is 0 Å². The number of benzene rings is 1. The largest absolute Gasteiger partial charge is 0.492 e. The van der Waals surface area contributed by atoms with E-state index in [4.69, 9.17) is 14.2 Å². The lowest BCUT2D eigenvalue weighted by Crippen LogP contribution is -2.54. The summed E-state index contributed by atoms with van der Waals surface area (Å²) in [5, 5.41) is 3.76. The number of ether oxygens (including phenoxy) is 3. The molecule has 0 bridgehead atoms. The molecule has 5 rings (SSSR count). The average molecular weight is 537 g/mol.